The van der Waals surface area contributed by atoms with E-state index in [4.69, 9.17) is 13.7 Å². The Morgan fingerprint density at radius 3 is 1.37 bits per heavy atom. The van der Waals surface area contributed by atoms with Gasteiger partial charge in [0.15, 0.2) is 17.5 Å². The van der Waals surface area contributed by atoms with Crippen molar-refractivity contribution in [1.82, 2.24) is 15.0 Å². The van der Waals surface area contributed by atoms with Gasteiger partial charge < -0.3 is 0 Å². The molecule has 0 fully saturated rings. The van der Waals surface area contributed by atoms with Gasteiger partial charge in [-0.25, -0.2) is 15.0 Å². The third kappa shape index (κ3) is 5.42. The summed E-state index contributed by atoms with van der Waals surface area (Å²) in [6, 6.07) is 33.1. The van der Waals surface area contributed by atoms with E-state index in [9.17, 15) is 0 Å². The molecule has 1 heterocycles. The van der Waals surface area contributed by atoms with Crippen LogP contribution in [0, 0.1) is 0 Å². The molecule has 3 heteroatoms. The van der Waals surface area contributed by atoms with E-state index >= 15 is 0 Å². The molecule has 1 aromatic heterocycles. The van der Waals surface area contributed by atoms with E-state index < -0.39 is 60.4 Å². The first-order chi connectivity index (χ1) is 28.4. The lowest BCUT2D eigenvalue weighted by atomic mass is 9.94. The summed E-state index contributed by atoms with van der Waals surface area (Å²) < 4.78 is 84.0. The Morgan fingerprint density at radius 1 is 0.347 bits per heavy atom. The number of fused-ring (bicyclic) bond motifs is 3. The SMILES string of the molecule is [2H]c1c([2H])c([2H])c(-c2nc(-c3cccc(-c4cccc5c4Cc4c(-c6ccc(-c7ccccc7)cc6)cccc4-5)c3)nc(-c3c([2H])c([2H])c([2H])c([2H])c3[2H])n2)c([2H])c1[2H]. The molecule has 0 amide bonds. The average Bonchev–Trinajstić information content (AvgIpc) is 3.66. The lowest BCUT2D eigenvalue weighted by Crippen LogP contribution is -2.00. The quantitative estimate of drug-likeness (QED) is 0.182. The lowest BCUT2D eigenvalue weighted by Gasteiger charge is -2.12. The number of benzene rings is 7. The minimum absolute atomic E-state index is 0.0163. The van der Waals surface area contributed by atoms with Crippen molar-refractivity contribution in [3.8, 4) is 78.7 Å². The van der Waals surface area contributed by atoms with Crippen molar-refractivity contribution in [2.45, 2.75) is 6.42 Å². The van der Waals surface area contributed by atoms with Crippen LogP contribution in [0.1, 0.15) is 24.8 Å². The largest absolute Gasteiger partial charge is 0.208 e. The molecule has 0 unspecified atom stereocenters. The molecule has 1 aliphatic rings. The summed E-state index contributed by atoms with van der Waals surface area (Å²) in [5.41, 5.74) is 10.9. The molecule has 9 rings (SSSR count). The molecule has 8 aromatic rings. The van der Waals surface area contributed by atoms with Crippen molar-refractivity contribution in [2.75, 3.05) is 0 Å². The third-order valence-corrected chi connectivity index (χ3v) is 8.81. The summed E-state index contributed by atoms with van der Waals surface area (Å²) in [4.78, 5) is 13.7. The Bertz CT molecular complexity index is 2880. The second-order valence-corrected chi connectivity index (χ2v) is 11.7. The fourth-order valence-corrected chi connectivity index (χ4v) is 6.53. The summed E-state index contributed by atoms with van der Waals surface area (Å²) in [6.45, 7) is 0. The van der Waals surface area contributed by atoms with Crippen LogP contribution in [-0.2, 0) is 6.42 Å². The van der Waals surface area contributed by atoms with Gasteiger partial charge in [0.05, 0.1) is 13.7 Å². The molecule has 3 nitrogen and oxygen atoms in total. The number of rotatable bonds is 6. The molecule has 0 saturated carbocycles. The monoisotopic (exact) mass is 635 g/mol. The van der Waals surface area contributed by atoms with E-state index in [1.165, 1.54) is 5.56 Å². The molecule has 0 aliphatic heterocycles. The van der Waals surface area contributed by atoms with Gasteiger partial charge in [-0.05, 0) is 68.1 Å². The van der Waals surface area contributed by atoms with Crippen molar-refractivity contribution in [2.24, 2.45) is 0 Å². The van der Waals surface area contributed by atoms with Gasteiger partial charge in [-0.1, -0.05) is 170 Å². The first kappa shape index (κ1) is 20.0. The van der Waals surface area contributed by atoms with Crippen LogP contribution in [0.4, 0.5) is 0 Å². The Morgan fingerprint density at radius 2 is 0.776 bits per heavy atom. The van der Waals surface area contributed by atoms with Crippen LogP contribution in [0.2, 0.25) is 0 Å². The Labute approximate surface area is 300 Å². The summed E-state index contributed by atoms with van der Waals surface area (Å²) in [7, 11) is 0. The van der Waals surface area contributed by atoms with Crippen LogP contribution in [0.3, 0.4) is 0 Å². The second kappa shape index (κ2) is 12.3. The number of aromatic nitrogens is 3. The topological polar surface area (TPSA) is 38.7 Å². The predicted molar refractivity (Wildman–Crippen MR) is 201 cm³/mol. The standard InChI is InChI=1S/C46H31N3/c1-4-13-31(14-5-1)32-25-27-33(28-26-32)38-21-11-23-40-41-24-12-22-39(43(41)30-42(38)40)36-19-10-20-37(29-36)46-48-44(34-15-6-2-7-16-34)47-45(49-46)35-17-8-3-9-18-35/h1-29H,30H2/i2D,3D,6D,7D,8D,9D,15D,16D,17D,18D. The van der Waals surface area contributed by atoms with E-state index in [0.29, 0.717) is 12.0 Å². The number of hydrogen-bond acceptors (Lipinski definition) is 3. The highest BCUT2D eigenvalue weighted by Crippen LogP contribution is 2.45. The first-order valence-corrected chi connectivity index (χ1v) is 15.8. The molecule has 230 valence electrons. The van der Waals surface area contributed by atoms with Crippen LogP contribution >= 0.6 is 0 Å². The molecule has 0 N–H and O–H groups in total. The zero-order valence-electron chi connectivity index (χ0n) is 36.0. The molecule has 7 aromatic carbocycles. The van der Waals surface area contributed by atoms with Crippen LogP contribution < -0.4 is 0 Å². The van der Waals surface area contributed by atoms with E-state index in [2.05, 4.69) is 81.7 Å². The van der Waals surface area contributed by atoms with E-state index in [1.807, 2.05) is 42.5 Å². The van der Waals surface area contributed by atoms with E-state index in [1.54, 1.807) is 6.07 Å². The van der Waals surface area contributed by atoms with Crippen molar-refractivity contribution in [3.63, 3.8) is 0 Å². The van der Waals surface area contributed by atoms with Crippen molar-refractivity contribution in [3.05, 3.63) is 187 Å². The summed E-state index contributed by atoms with van der Waals surface area (Å²) in [5, 5.41) is 0. The fourth-order valence-electron chi connectivity index (χ4n) is 6.53. The van der Waals surface area contributed by atoms with Gasteiger partial charge in [-0.3, -0.25) is 0 Å². The molecule has 0 bridgehead atoms. The molecule has 0 radical (unpaired) electrons. The molecular formula is C46H31N3. The Kier molecular flexibility index (Phi) is 5.03. The highest BCUT2D eigenvalue weighted by molar-refractivity contribution is 5.90. The van der Waals surface area contributed by atoms with Crippen molar-refractivity contribution < 1.29 is 13.7 Å². The minimum atomic E-state index is -0.597. The third-order valence-electron chi connectivity index (χ3n) is 8.81. The van der Waals surface area contributed by atoms with Gasteiger partial charge in [0.25, 0.3) is 0 Å². The van der Waals surface area contributed by atoms with Gasteiger partial charge in [-0.15, -0.1) is 0 Å². The highest BCUT2D eigenvalue weighted by atomic mass is 15.0. The molecule has 1 aliphatic carbocycles. The van der Waals surface area contributed by atoms with Gasteiger partial charge in [-0.2, -0.15) is 0 Å². The summed E-state index contributed by atoms with van der Waals surface area (Å²) >= 11 is 0. The maximum absolute atomic E-state index is 8.66. The smallest absolute Gasteiger partial charge is 0.164 e. The highest BCUT2D eigenvalue weighted by Gasteiger charge is 2.24. The minimum Gasteiger partial charge on any atom is -0.208 e. The first-order valence-electron chi connectivity index (χ1n) is 20.8. The molecule has 0 spiro atoms. The van der Waals surface area contributed by atoms with Crippen molar-refractivity contribution in [1.29, 1.82) is 0 Å². The molecule has 0 saturated heterocycles. The van der Waals surface area contributed by atoms with Crippen LogP contribution in [0.15, 0.2) is 176 Å². The summed E-state index contributed by atoms with van der Waals surface area (Å²) in [5.74, 6) is -0.596. The maximum atomic E-state index is 8.66. The van der Waals surface area contributed by atoms with Gasteiger partial charge >= 0.3 is 0 Å². The van der Waals surface area contributed by atoms with Crippen molar-refractivity contribution >= 4 is 0 Å². The predicted octanol–water partition coefficient (Wildman–Crippen LogP) is 11.4. The Hall–Kier alpha value is -6.45. The van der Waals surface area contributed by atoms with Gasteiger partial charge in [0, 0.05) is 16.7 Å². The van der Waals surface area contributed by atoms with E-state index in [-0.39, 0.29) is 28.6 Å². The zero-order valence-corrected chi connectivity index (χ0v) is 26.0. The van der Waals surface area contributed by atoms with Gasteiger partial charge in [0.2, 0.25) is 0 Å². The van der Waals surface area contributed by atoms with Crippen LogP contribution in [0.25, 0.3) is 78.7 Å². The second-order valence-electron chi connectivity index (χ2n) is 11.7. The number of nitrogens with zero attached hydrogens (tertiary/aromatic N) is 3. The molecule has 49 heavy (non-hydrogen) atoms. The normalized spacial score (nSPS) is 14.4. The maximum Gasteiger partial charge on any atom is 0.164 e. The van der Waals surface area contributed by atoms with Crippen LogP contribution in [-0.4, -0.2) is 15.0 Å². The molecular weight excluding hydrogens is 595 g/mol. The van der Waals surface area contributed by atoms with E-state index in [0.717, 1.165) is 50.1 Å². The summed E-state index contributed by atoms with van der Waals surface area (Å²) in [6.07, 6.45) is 0.687. The zero-order chi connectivity index (χ0) is 41.3. The average molecular weight is 636 g/mol. The fraction of sp³-hybridized carbons (Fsp3) is 0.0217. The lowest BCUT2D eigenvalue weighted by molar-refractivity contribution is 1.07. The van der Waals surface area contributed by atoms with Gasteiger partial charge in [0.1, 0.15) is 0 Å². The number of hydrogen-bond donors (Lipinski definition) is 0. The van der Waals surface area contributed by atoms with Crippen LogP contribution in [0.5, 0.6) is 0 Å². The molecule has 0 atom stereocenters. The Balaban J connectivity index is 1.16.